The number of fused-ring (bicyclic) bond motifs is 1. The van der Waals surface area contributed by atoms with E-state index in [2.05, 4.69) is 5.32 Å². The van der Waals surface area contributed by atoms with E-state index >= 15 is 0 Å². The highest BCUT2D eigenvalue weighted by atomic mass is 16.5. The van der Waals surface area contributed by atoms with Gasteiger partial charge in [-0.2, -0.15) is 0 Å². The molecule has 1 atom stereocenters. The van der Waals surface area contributed by atoms with Gasteiger partial charge in [-0.1, -0.05) is 48.5 Å². The van der Waals surface area contributed by atoms with Crippen LogP contribution in [-0.4, -0.2) is 37.5 Å². The molecule has 3 aromatic rings. The van der Waals surface area contributed by atoms with E-state index in [1.807, 2.05) is 55.5 Å². The van der Waals surface area contributed by atoms with E-state index in [0.717, 1.165) is 10.8 Å². The molecule has 2 amide bonds. The second-order valence-corrected chi connectivity index (χ2v) is 7.49. The van der Waals surface area contributed by atoms with Gasteiger partial charge in [0.1, 0.15) is 5.75 Å². The summed E-state index contributed by atoms with van der Waals surface area (Å²) in [5, 5.41) is 4.69. The van der Waals surface area contributed by atoms with Crippen molar-refractivity contribution in [3.8, 4) is 5.75 Å². The zero-order valence-electron chi connectivity index (χ0n) is 17.7. The van der Waals surface area contributed by atoms with Crippen molar-refractivity contribution in [1.82, 2.24) is 0 Å². The van der Waals surface area contributed by atoms with Crippen LogP contribution < -0.4 is 15.0 Å². The van der Waals surface area contributed by atoms with Gasteiger partial charge in [0, 0.05) is 24.0 Å². The van der Waals surface area contributed by atoms with Gasteiger partial charge in [-0.05, 0) is 30.5 Å². The van der Waals surface area contributed by atoms with Crippen molar-refractivity contribution in [1.29, 1.82) is 0 Å². The van der Waals surface area contributed by atoms with Crippen LogP contribution in [0.5, 0.6) is 5.75 Å². The number of nitrogens with one attached hydrogen (secondary N) is 1. The van der Waals surface area contributed by atoms with Crippen LogP contribution in [0.3, 0.4) is 0 Å². The molecular formula is C25H24N2O5. The molecule has 1 saturated heterocycles. The SMILES string of the molecule is CCOc1ccccc1N1C[C@H](C(=O)OCC(=O)Nc2cccc3ccccc23)CC1=O. The number of hydrogen-bond donors (Lipinski definition) is 1. The summed E-state index contributed by atoms with van der Waals surface area (Å²) in [5.41, 5.74) is 1.28. The predicted octanol–water partition coefficient (Wildman–Crippen LogP) is 3.77. The fraction of sp³-hybridized carbons (Fsp3) is 0.240. The lowest BCUT2D eigenvalue weighted by molar-refractivity contribution is -0.151. The van der Waals surface area contributed by atoms with Crippen LogP contribution in [0, 0.1) is 5.92 Å². The fourth-order valence-corrected chi connectivity index (χ4v) is 3.83. The first kappa shape index (κ1) is 21.4. The third-order valence-corrected chi connectivity index (χ3v) is 5.32. The number of carbonyl (C=O) groups excluding carboxylic acids is 3. The van der Waals surface area contributed by atoms with Gasteiger partial charge in [0.05, 0.1) is 18.2 Å². The average Bonchev–Trinajstić information content (AvgIpc) is 3.20. The Morgan fingerprint density at radius 2 is 1.78 bits per heavy atom. The molecule has 0 unspecified atom stereocenters. The zero-order chi connectivity index (χ0) is 22.5. The van der Waals surface area contributed by atoms with Crippen LogP contribution in [0.25, 0.3) is 10.8 Å². The molecule has 0 bridgehead atoms. The van der Waals surface area contributed by atoms with Gasteiger partial charge in [0.25, 0.3) is 5.91 Å². The maximum absolute atomic E-state index is 12.5. The predicted molar refractivity (Wildman–Crippen MR) is 122 cm³/mol. The van der Waals surface area contributed by atoms with Crippen LogP contribution in [0.4, 0.5) is 11.4 Å². The number of benzene rings is 3. The summed E-state index contributed by atoms with van der Waals surface area (Å²) in [6.07, 6.45) is 0.0320. The van der Waals surface area contributed by atoms with Crippen LogP contribution in [0.2, 0.25) is 0 Å². The van der Waals surface area contributed by atoms with Gasteiger partial charge in [0.2, 0.25) is 5.91 Å². The van der Waals surface area contributed by atoms with Crippen molar-refractivity contribution in [2.45, 2.75) is 13.3 Å². The Kier molecular flexibility index (Phi) is 6.35. The quantitative estimate of drug-likeness (QED) is 0.575. The van der Waals surface area contributed by atoms with E-state index in [1.54, 1.807) is 18.2 Å². The van der Waals surface area contributed by atoms with Crippen LogP contribution >= 0.6 is 0 Å². The second kappa shape index (κ2) is 9.51. The lowest BCUT2D eigenvalue weighted by Crippen LogP contribution is -2.28. The van der Waals surface area contributed by atoms with E-state index in [1.165, 1.54) is 4.90 Å². The summed E-state index contributed by atoms with van der Waals surface area (Å²) >= 11 is 0. The summed E-state index contributed by atoms with van der Waals surface area (Å²) in [6.45, 7) is 2.11. The summed E-state index contributed by atoms with van der Waals surface area (Å²) < 4.78 is 10.8. The minimum absolute atomic E-state index is 0.0320. The smallest absolute Gasteiger partial charge is 0.311 e. The van der Waals surface area contributed by atoms with Crippen LogP contribution in [0.1, 0.15) is 13.3 Å². The van der Waals surface area contributed by atoms with Gasteiger partial charge < -0.3 is 19.7 Å². The van der Waals surface area contributed by atoms with E-state index in [0.29, 0.717) is 23.7 Å². The number of hydrogen-bond acceptors (Lipinski definition) is 5. The topological polar surface area (TPSA) is 84.9 Å². The van der Waals surface area contributed by atoms with Crippen molar-refractivity contribution in [3.05, 3.63) is 66.7 Å². The molecule has 164 valence electrons. The monoisotopic (exact) mass is 432 g/mol. The summed E-state index contributed by atoms with van der Waals surface area (Å²) in [5.74, 6) is -1.23. The highest BCUT2D eigenvalue weighted by Crippen LogP contribution is 2.33. The fourth-order valence-electron chi connectivity index (χ4n) is 3.83. The summed E-state index contributed by atoms with van der Waals surface area (Å²) in [6, 6.07) is 20.5. The largest absolute Gasteiger partial charge is 0.492 e. The lowest BCUT2D eigenvalue weighted by atomic mass is 10.1. The number of rotatable bonds is 7. The number of nitrogens with zero attached hydrogens (tertiary/aromatic N) is 1. The first-order chi connectivity index (χ1) is 15.6. The average molecular weight is 432 g/mol. The van der Waals surface area contributed by atoms with Gasteiger partial charge in [-0.15, -0.1) is 0 Å². The van der Waals surface area contributed by atoms with E-state index in [-0.39, 0.29) is 18.9 Å². The van der Waals surface area contributed by atoms with E-state index < -0.39 is 24.4 Å². The molecule has 1 aliphatic rings. The van der Waals surface area contributed by atoms with E-state index in [9.17, 15) is 14.4 Å². The molecule has 3 aromatic carbocycles. The Balaban J connectivity index is 1.35. The van der Waals surface area contributed by atoms with Crippen molar-refractivity contribution in [3.63, 3.8) is 0 Å². The van der Waals surface area contributed by atoms with Crippen molar-refractivity contribution in [2.75, 3.05) is 30.0 Å². The first-order valence-electron chi connectivity index (χ1n) is 10.5. The van der Waals surface area contributed by atoms with Gasteiger partial charge in [-0.3, -0.25) is 14.4 Å². The molecule has 0 aromatic heterocycles. The molecule has 0 aliphatic carbocycles. The molecule has 0 saturated carbocycles. The van der Waals surface area contributed by atoms with Crippen molar-refractivity contribution < 1.29 is 23.9 Å². The Morgan fingerprint density at radius 1 is 1.03 bits per heavy atom. The normalized spacial score (nSPS) is 15.6. The number of ether oxygens (including phenoxy) is 2. The maximum Gasteiger partial charge on any atom is 0.311 e. The van der Waals surface area contributed by atoms with Crippen molar-refractivity contribution >= 4 is 39.9 Å². The van der Waals surface area contributed by atoms with Gasteiger partial charge in [-0.25, -0.2) is 0 Å². The molecule has 7 heteroatoms. The van der Waals surface area contributed by atoms with Crippen molar-refractivity contribution in [2.24, 2.45) is 5.92 Å². The number of para-hydroxylation sites is 2. The number of amides is 2. The molecule has 1 fully saturated rings. The second-order valence-electron chi connectivity index (χ2n) is 7.49. The summed E-state index contributed by atoms with van der Waals surface area (Å²) in [7, 11) is 0. The molecule has 0 spiro atoms. The third kappa shape index (κ3) is 4.56. The van der Waals surface area contributed by atoms with E-state index in [4.69, 9.17) is 9.47 Å². The summed E-state index contributed by atoms with van der Waals surface area (Å²) in [4.78, 5) is 39.0. The Morgan fingerprint density at radius 3 is 2.62 bits per heavy atom. The molecule has 0 radical (unpaired) electrons. The Labute approximate surface area is 185 Å². The molecule has 1 heterocycles. The maximum atomic E-state index is 12.5. The standard InChI is InChI=1S/C25H24N2O5/c1-2-31-22-13-6-5-12-21(22)27-15-18(14-24(27)29)25(30)32-16-23(28)26-20-11-7-9-17-8-3-4-10-19(17)20/h3-13,18H,2,14-16H2,1H3,(H,26,28)/t18-/m1/s1. The number of esters is 1. The molecule has 1 N–H and O–H groups in total. The molecule has 7 nitrogen and oxygen atoms in total. The zero-order valence-corrected chi connectivity index (χ0v) is 17.7. The highest BCUT2D eigenvalue weighted by molar-refractivity contribution is 6.03. The first-order valence-corrected chi connectivity index (χ1v) is 10.5. The lowest BCUT2D eigenvalue weighted by Gasteiger charge is -2.20. The Hall–Kier alpha value is -3.87. The molecule has 1 aliphatic heterocycles. The third-order valence-electron chi connectivity index (χ3n) is 5.32. The van der Waals surface area contributed by atoms with Gasteiger partial charge >= 0.3 is 5.97 Å². The number of carbonyl (C=O) groups is 3. The van der Waals surface area contributed by atoms with Crippen LogP contribution in [0.15, 0.2) is 66.7 Å². The van der Waals surface area contributed by atoms with Crippen LogP contribution in [-0.2, 0) is 19.1 Å². The molecule has 4 rings (SSSR count). The molecular weight excluding hydrogens is 408 g/mol. The minimum atomic E-state index is -0.637. The minimum Gasteiger partial charge on any atom is -0.492 e. The highest BCUT2D eigenvalue weighted by Gasteiger charge is 2.37. The number of anilines is 2. The molecule has 32 heavy (non-hydrogen) atoms. The Bertz CT molecular complexity index is 1150. The van der Waals surface area contributed by atoms with Gasteiger partial charge in [0.15, 0.2) is 6.61 Å².